The summed E-state index contributed by atoms with van der Waals surface area (Å²) in [7, 11) is 0. The average Bonchev–Trinajstić information content (AvgIpc) is 2.92. The number of hydrogen-bond acceptors (Lipinski definition) is 3. The number of carboxylic acids is 1. The number of likely N-dealkylation sites (tertiary alicyclic amines) is 1. The number of amides is 1. The number of nitrogens with zero attached hydrogens (tertiary/aromatic N) is 1. The van der Waals surface area contributed by atoms with Crippen LogP contribution in [0.4, 0.5) is 0 Å². The van der Waals surface area contributed by atoms with E-state index in [9.17, 15) is 14.7 Å². The van der Waals surface area contributed by atoms with Crippen LogP contribution in [0.5, 0.6) is 0 Å². The topological polar surface area (TPSA) is 77.8 Å². The third kappa shape index (κ3) is 8.52. The number of carboxylic acid groups (broad SMARTS) is 1. The number of aliphatic carboxylic acids is 1. The fourth-order valence-electron chi connectivity index (χ4n) is 3.24. The van der Waals surface area contributed by atoms with Gasteiger partial charge in [0.15, 0.2) is 0 Å². The van der Waals surface area contributed by atoms with Gasteiger partial charge in [0, 0.05) is 13.0 Å². The predicted octanol–water partition coefficient (Wildman–Crippen LogP) is 3.76. The second-order valence-electron chi connectivity index (χ2n) is 7.23. The number of carbonyl (C=O) groups is 2. The summed E-state index contributed by atoms with van der Waals surface area (Å²) in [5.41, 5.74) is 0. The maximum Gasteiger partial charge on any atom is 0.306 e. The number of carbonyl (C=O) groups excluding carboxylic acids is 1. The summed E-state index contributed by atoms with van der Waals surface area (Å²) in [6.45, 7) is 4.60. The normalized spacial score (nSPS) is 20.4. The Kier molecular flexibility index (Phi) is 10.5. The molecule has 0 spiro atoms. The van der Waals surface area contributed by atoms with Gasteiger partial charge in [-0.15, -0.1) is 0 Å². The second-order valence-corrected chi connectivity index (χ2v) is 7.23. The lowest BCUT2D eigenvalue weighted by Crippen LogP contribution is -2.32. The van der Waals surface area contributed by atoms with Gasteiger partial charge in [-0.1, -0.05) is 58.1 Å². The van der Waals surface area contributed by atoms with E-state index in [1.165, 1.54) is 0 Å². The molecule has 0 bridgehead atoms. The monoisotopic (exact) mass is 353 g/mol. The minimum absolute atomic E-state index is 0.103. The molecule has 0 aromatic heterocycles. The van der Waals surface area contributed by atoms with Crippen LogP contribution in [0.1, 0.15) is 78.1 Å². The van der Waals surface area contributed by atoms with Crippen LogP contribution in [-0.4, -0.2) is 45.7 Å². The number of aliphatic hydroxyl groups excluding tert-OH is 1. The molecule has 1 saturated heterocycles. The van der Waals surface area contributed by atoms with Crippen LogP contribution in [0.25, 0.3) is 0 Å². The third-order valence-corrected chi connectivity index (χ3v) is 4.99. The van der Waals surface area contributed by atoms with Gasteiger partial charge in [0.1, 0.15) is 0 Å². The lowest BCUT2D eigenvalue weighted by molar-refractivity contribution is -0.141. The molecule has 1 fully saturated rings. The van der Waals surface area contributed by atoms with Gasteiger partial charge in [-0.25, -0.2) is 0 Å². The SMILES string of the molecule is CCCCCC(O)/C=C/C1CCC(=O)N1CCCCCC(C)C(=O)O. The van der Waals surface area contributed by atoms with Crippen molar-refractivity contribution in [3.05, 3.63) is 12.2 Å². The molecule has 1 amide bonds. The fourth-order valence-corrected chi connectivity index (χ4v) is 3.24. The lowest BCUT2D eigenvalue weighted by Gasteiger charge is -2.22. The van der Waals surface area contributed by atoms with Crippen molar-refractivity contribution in [3.8, 4) is 0 Å². The first-order chi connectivity index (χ1) is 12.0. The van der Waals surface area contributed by atoms with Crippen molar-refractivity contribution < 1.29 is 19.8 Å². The second kappa shape index (κ2) is 12.1. The minimum atomic E-state index is -0.739. The van der Waals surface area contributed by atoms with E-state index in [4.69, 9.17) is 5.11 Å². The first-order valence-electron chi connectivity index (χ1n) is 9.84. The van der Waals surface area contributed by atoms with Crippen LogP contribution in [0.2, 0.25) is 0 Å². The molecule has 0 aromatic carbocycles. The van der Waals surface area contributed by atoms with Crippen LogP contribution in [0, 0.1) is 5.92 Å². The Morgan fingerprint density at radius 2 is 1.96 bits per heavy atom. The Labute approximate surface area is 152 Å². The van der Waals surface area contributed by atoms with Crippen LogP contribution in [0.3, 0.4) is 0 Å². The van der Waals surface area contributed by atoms with Gasteiger partial charge in [0.05, 0.1) is 18.1 Å². The zero-order chi connectivity index (χ0) is 18.7. The molecule has 0 saturated carbocycles. The molecule has 2 N–H and O–H groups in total. The first-order valence-corrected chi connectivity index (χ1v) is 9.84. The largest absolute Gasteiger partial charge is 0.481 e. The molecule has 1 aliphatic heterocycles. The molecule has 1 heterocycles. The van der Waals surface area contributed by atoms with E-state index in [1.54, 1.807) is 6.92 Å². The van der Waals surface area contributed by atoms with Crippen LogP contribution >= 0.6 is 0 Å². The Bertz CT molecular complexity index is 435. The molecule has 3 atom stereocenters. The van der Waals surface area contributed by atoms with E-state index >= 15 is 0 Å². The van der Waals surface area contributed by atoms with Gasteiger partial charge < -0.3 is 15.1 Å². The standard InChI is InChI=1S/C20H35NO4/c1-3-4-6-10-18(22)13-11-17-12-14-19(23)21(17)15-8-5-7-9-16(2)20(24)25/h11,13,16-18,22H,3-10,12,14-15H2,1-2H3,(H,24,25)/b13-11+. The number of aliphatic hydroxyl groups is 1. The van der Waals surface area contributed by atoms with Crippen molar-refractivity contribution in [2.45, 2.75) is 90.2 Å². The molecule has 1 rings (SSSR count). The smallest absolute Gasteiger partial charge is 0.306 e. The summed E-state index contributed by atoms with van der Waals surface area (Å²) in [4.78, 5) is 24.8. The predicted molar refractivity (Wildman–Crippen MR) is 99.3 cm³/mol. The van der Waals surface area contributed by atoms with Crippen molar-refractivity contribution >= 4 is 11.9 Å². The molecule has 5 heteroatoms. The van der Waals surface area contributed by atoms with Crippen molar-refractivity contribution in [1.29, 1.82) is 0 Å². The van der Waals surface area contributed by atoms with Crippen LogP contribution in [-0.2, 0) is 9.59 Å². The van der Waals surface area contributed by atoms with Gasteiger partial charge in [0.2, 0.25) is 5.91 Å². The van der Waals surface area contributed by atoms with E-state index in [2.05, 4.69) is 6.92 Å². The Balaban J connectivity index is 2.31. The van der Waals surface area contributed by atoms with Crippen molar-refractivity contribution in [3.63, 3.8) is 0 Å². The summed E-state index contributed by atoms with van der Waals surface area (Å²) in [6, 6.07) is 0.103. The number of rotatable bonds is 13. The highest BCUT2D eigenvalue weighted by Crippen LogP contribution is 2.21. The van der Waals surface area contributed by atoms with E-state index < -0.39 is 12.1 Å². The van der Waals surface area contributed by atoms with Crippen LogP contribution < -0.4 is 0 Å². The molecule has 0 aliphatic carbocycles. The van der Waals surface area contributed by atoms with Gasteiger partial charge >= 0.3 is 5.97 Å². The Morgan fingerprint density at radius 3 is 2.64 bits per heavy atom. The molecule has 144 valence electrons. The molecular weight excluding hydrogens is 318 g/mol. The highest BCUT2D eigenvalue weighted by atomic mass is 16.4. The molecule has 25 heavy (non-hydrogen) atoms. The summed E-state index contributed by atoms with van der Waals surface area (Å²) >= 11 is 0. The van der Waals surface area contributed by atoms with Crippen molar-refractivity contribution in [2.75, 3.05) is 6.54 Å². The minimum Gasteiger partial charge on any atom is -0.481 e. The maximum absolute atomic E-state index is 12.1. The lowest BCUT2D eigenvalue weighted by atomic mass is 10.0. The zero-order valence-corrected chi connectivity index (χ0v) is 15.8. The molecule has 0 radical (unpaired) electrons. The molecular formula is C20H35NO4. The fraction of sp³-hybridized carbons (Fsp3) is 0.800. The van der Waals surface area contributed by atoms with E-state index in [0.29, 0.717) is 12.8 Å². The summed E-state index contributed by atoms with van der Waals surface area (Å²) in [5.74, 6) is -0.843. The first kappa shape index (κ1) is 21.7. The van der Waals surface area contributed by atoms with E-state index in [-0.39, 0.29) is 17.9 Å². The average molecular weight is 354 g/mol. The molecule has 1 aliphatic rings. The number of hydrogen-bond donors (Lipinski definition) is 2. The van der Waals surface area contributed by atoms with Crippen molar-refractivity contribution in [1.82, 2.24) is 4.90 Å². The number of unbranched alkanes of at least 4 members (excludes halogenated alkanes) is 4. The van der Waals surface area contributed by atoms with Crippen molar-refractivity contribution in [2.24, 2.45) is 5.92 Å². The Hall–Kier alpha value is -1.36. The summed E-state index contributed by atoms with van der Waals surface area (Å²) < 4.78 is 0. The van der Waals surface area contributed by atoms with Gasteiger partial charge in [0.25, 0.3) is 0 Å². The molecule has 5 nitrogen and oxygen atoms in total. The quantitative estimate of drug-likeness (QED) is 0.390. The Morgan fingerprint density at radius 1 is 1.24 bits per heavy atom. The highest BCUT2D eigenvalue weighted by molar-refractivity contribution is 5.79. The van der Waals surface area contributed by atoms with Gasteiger partial charge in [-0.2, -0.15) is 0 Å². The van der Waals surface area contributed by atoms with Gasteiger partial charge in [-0.3, -0.25) is 9.59 Å². The van der Waals surface area contributed by atoms with E-state index in [0.717, 1.165) is 57.9 Å². The summed E-state index contributed by atoms with van der Waals surface area (Å²) in [5, 5.41) is 18.9. The maximum atomic E-state index is 12.1. The van der Waals surface area contributed by atoms with Crippen LogP contribution in [0.15, 0.2) is 12.2 Å². The molecule has 0 aromatic rings. The van der Waals surface area contributed by atoms with Gasteiger partial charge in [-0.05, 0) is 25.7 Å². The molecule has 3 unspecified atom stereocenters. The zero-order valence-electron chi connectivity index (χ0n) is 15.8. The highest BCUT2D eigenvalue weighted by Gasteiger charge is 2.28. The third-order valence-electron chi connectivity index (χ3n) is 4.99. The summed E-state index contributed by atoms with van der Waals surface area (Å²) in [6.07, 6.45) is 12.4. The van der Waals surface area contributed by atoms with E-state index in [1.807, 2.05) is 17.1 Å².